The molecule has 2 aromatic carbocycles. The summed E-state index contributed by atoms with van der Waals surface area (Å²) in [4.78, 5) is 23.7. The van der Waals surface area contributed by atoms with Gasteiger partial charge in [-0.2, -0.15) is 0 Å². The van der Waals surface area contributed by atoms with Gasteiger partial charge in [0.15, 0.2) is 0 Å². The highest BCUT2D eigenvalue weighted by Crippen LogP contribution is 2.23. The summed E-state index contributed by atoms with van der Waals surface area (Å²) in [7, 11) is 0. The molecule has 5 nitrogen and oxygen atoms in total. The molecule has 2 aromatic heterocycles. The van der Waals surface area contributed by atoms with Crippen LogP contribution in [0.15, 0.2) is 48.5 Å². The number of rotatable bonds is 3. The van der Waals surface area contributed by atoms with E-state index in [1.165, 1.54) is 0 Å². The number of imidazole rings is 1. The standard InChI is InChI=1S/C19H15N3O2/c1-11-20-17-10-14(19(23)24)8-13(18(17)21-11)9-15-7-6-12-4-2-3-5-16(12)22-15/h2-8,10H,9H2,1H3,(H,20,21)(H,23,24). The van der Waals surface area contributed by atoms with Gasteiger partial charge in [-0.05, 0) is 36.8 Å². The molecule has 2 heterocycles. The largest absolute Gasteiger partial charge is 0.478 e. The van der Waals surface area contributed by atoms with Gasteiger partial charge in [0, 0.05) is 17.5 Å². The first kappa shape index (κ1) is 14.4. The molecule has 0 amide bonds. The minimum Gasteiger partial charge on any atom is -0.478 e. The summed E-state index contributed by atoms with van der Waals surface area (Å²) in [5.74, 6) is -0.183. The monoisotopic (exact) mass is 317 g/mol. The van der Waals surface area contributed by atoms with E-state index in [0.717, 1.165) is 39.0 Å². The molecular formula is C19H15N3O2. The average molecular weight is 317 g/mol. The van der Waals surface area contributed by atoms with E-state index in [-0.39, 0.29) is 5.56 Å². The molecule has 0 saturated heterocycles. The number of aromatic carboxylic acids is 1. The fraction of sp³-hybridized carbons (Fsp3) is 0.105. The molecule has 0 unspecified atom stereocenters. The van der Waals surface area contributed by atoms with Crippen molar-refractivity contribution in [3.63, 3.8) is 0 Å². The summed E-state index contributed by atoms with van der Waals surface area (Å²) in [5, 5.41) is 10.4. The van der Waals surface area contributed by atoms with E-state index in [2.05, 4.69) is 15.0 Å². The van der Waals surface area contributed by atoms with Crippen molar-refractivity contribution in [3.8, 4) is 0 Å². The highest BCUT2D eigenvalue weighted by atomic mass is 16.4. The van der Waals surface area contributed by atoms with E-state index < -0.39 is 5.97 Å². The number of H-pyrrole nitrogens is 1. The van der Waals surface area contributed by atoms with E-state index in [1.54, 1.807) is 12.1 Å². The first-order valence-corrected chi connectivity index (χ1v) is 7.67. The van der Waals surface area contributed by atoms with Crippen LogP contribution in [0.3, 0.4) is 0 Å². The van der Waals surface area contributed by atoms with Crippen LogP contribution in [0.4, 0.5) is 0 Å². The van der Waals surface area contributed by atoms with Gasteiger partial charge in [-0.1, -0.05) is 24.3 Å². The summed E-state index contributed by atoms with van der Waals surface area (Å²) in [6, 6.07) is 15.2. The summed E-state index contributed by atoms with van der Waals surface area (Å²) < 4.78 is 0. The van der Waals surface area contributed by atoms with Crippen molar-refractivity contribution in [1.82, 2.24) is 15.0 Å². The van der Waals surface area contributed by atoms with Gasteiger partial charge < -0.3 is 10.1 Å². The van der Waals surface area contributed by atoms with E-state index in [9.17, 15) is 9.90 Å². The van der Waals surface area contributed by atoms with E-state index >= 15 is 0 Å². The summed E-state index contributed by atoms with van der Waals surface area (Å²) >= 11 is 0. The molecule has 0 bridgehead atoms. The second-order valence-corrected chi connectivity index (χ2v) is 5.83. The van der Waals surface area contributed by atoms with E-state index in [1.807, 2.05) is 43.3 Å². The number of aromatic nitrogens is 3. The first-order valence-electron chi connectivity index (χ1n) is 7.67. The summed E-state index contributed by atoms with van der Waals surface area (Å²) in [5.41, 5.74) is 4.46. The molecule has 0 fully saturated rings. The lowest BCUT2D eigenvalue weighted by molar-refractivity contribution is 0.0697. The zero-order chi connectivity index (χ0) is 16.7. The predicted molar refractivity (Wildman–Crippen MR) is 92.3 cm³/mol. The van der Waals surface area contributed by atoms with Crippen LogP contribution in [0.25, 0.3) is 21.9 Å². The Bertz CT molecular complexity index is 1080. The normalized spacial score (nSPS) is 11.2. The van der Waals surface area contributed by atoms with Gasteiger partial charge in [0.25, 0.3) is 0 Å². The number of fused-ring (bicyclic) bond motifs is 2. The third-order valence-corrected chi connectivity index (χ3v) is 4.06. The molecule has 5 heteroatoms. The van der Waals surface area contributed by atoms with E-state index in [4.69, 9.17) is 0 Å². The fourth-order valence-electron chi connectivity index (χ4n) is 2.97. The Labute approximate surface area is 138 Å². The Kier molecular flexibility index (Phi) is 3.27. The Hall–Kier alpha value is -3.21. The quantitative estimate of drug-likeness (QED) is 0.604. The number of carboxylic acids is 1. The third-order valence-electron chi connectivity index (χ3n) is 4.06. The third kappa shape index (κ3) is 2.50. The van der Waals surface area contributed by atoms with Crippen LogP contribution in [-0.2, 0) is 6.42 Å². The minimum absolute atomic E-state index is 0.252. The van der Waals surface area contributed by atoms with Gasteiger partial charge in [0.2, 0.25) is 0 Å². The van der Waals surface area contributed by atoms with Gasteiger partial charge in [-0.3, -0.25) is 4.98 Å². The zero-order valence-corrected chi connectivity index (χ0v) is 13.1. The number of nitrogens with one attached hydrogen (secondary N) is 1. The van der Waals surface area contributed by atoms with Crippen molar-refractivity contribution in [1.29, 1.82) is 0 Å². The number of hydrogen-bond donors (Lipinski definition) is 2. The predicted octanol–water partition coefficient (Wildman–Crippen LogP) is 3.71. The maximum absolute atomic E-state index is 11.4. The summed E-state index contributed by atoms with van der Waals surface area (Å²) in [6.07, 6.45) is 0.534. The van der Waals surface area contributed by atoms with Crippen LogP contribution < -0.4 is 0 Å². The number of carboxylic acid groups (broad SMARTS) is 1. The van der Waals surface area contributed by atoms with Crippen LogP contribution in [0.5, 0.6) is 0 Å². The Balaban J connectivity index is 1.83. The topological polar surface area (TPSA) is 78.9 Å². The summed E-state index contributed by atoms with van der Waals surface area (Å²) in [6.45, 7) is 1.86. The van der Waals surface area contributed by atoms with E-state index in [0.29, 0.717) is 6.42 Å². The smallest absolute Gasteiger partial charge is 0.335 e. The van der Waals surface area contributed by atoms with Gasteiger partial charge in [-0.25, -0.2) is 9.78 Å². The second kappa shape index (κ2) is 5.45. The number of benzene rings is 2. The van der Waals surface area contributed by atoms with Crippen molar-refractivity contribution in [3.05, 3.63) is 71.2 Å². The van der Waals surface area contributed by atoms with Gasteiger partial charge >= 0.3 is 5.97 Å². The maximum atomic E-state index is 11.4. The van der Waals surface area contributed by atoms with Crippen molar-refractivity contribution in [2.75, 3.05) is 0 Å². The second-order valence-electron chi connectivity index (χ2n) is 5.83. The van der Waals surface area contributed by atoms with Crippen molar-refractivity contribution in [2.24, 2.45) is 0 Å². The molecule has 0 spiro atoms. The number of carbonyl (C=O) groups is 1. The number of para-hydroxylation sites is 1. The molecule has 118 valence electrons. The lowest BCUT2D eigenvalue weighted by Gasteiger charge is -2.06. The molecule has 0 atom stereocenters. The highest BCUT2D eigenvalue weighted by Gasteiger charge is 2.13. The molecule has 2 N–H and O–H groups in total. The van der Waals surface area contributed by atoms with Crippen LogP contribution in [0.2, 0.25) is 0 Å². The first-order chi connectivity index (χ1) is 11.6. The van der Waals surface area contributed by atoms with Crippen LogP contribution >= 0.6 is 0 Å². The number of hydrogen-bond acceptors (Lipinski definition) is 3. The van der Waals surface area contributed by atoms with Crippen molar-refractivity contribution in [2.45, 2.75) is 13.3 Å². The van der Waals surface area contributed by atoms with Gasteiger partial charge in [-0.15, -0.1) is 0 Å². The zero-order valence-electron chi connectivity index (χ0n) is 13.1. The van der Waals surface area contributed by atoms with Crippen LogP contribution in [-0.4, -0.2) is 26.0 Å². The molecule has 0 aliphatic carbocycles. The minimum atomic E-state index is -0.947. The highest BCUT2D eigenvalue weighted by molar-refractivity contribution is 5.93. The van der Waals surface area contributed by atoms with Crippen molar-refractivity contribution < 1.29 is 9.90 Å². The number of aryl methyl sites for hydroxylation is 1. The Morgan fingerprint density at radius 1 is 1.12 bits per heavy atom. The van der Waals surface area contributed by atoms with Crippen LogP contribution in [0.1, 0.15) is 27.4 Å². The molecule has 0 saturated carbocycles. The van der Waals surface area contributed by atoms with Gasteiger partial charge in [0.05, 0.1) is 22.1 Å². The number of nitrogens with zero attached hydrogens (tertiary/aromatic N) is 2. The molecular weight excluding hydrogens is 302 g/mol. The molecule has 4 rings (SSSR count). The lowest BCUT2D eigenvalue weighted by atomic mass is 10.0. The molecule has 0 aliphatic heterocycles. The Morgan fingerprint density at radius 2 is 1.96 bits per heavy atom. The maximum Gasteiger partial charge on any atom is 0.335 e. The molecule has 0 aliphatic rings. The number of aromatic amines is 1. The lowest BCUT2D eigenvalue weighted by Crippen LogP contribution is -2.00. The molecule has 24 heavy (non-hydrogen) atoms. The molecule has 4 aromatic rings. The molecule has 0 radical (unpaired) electrons. The Morgan fingerprint density at radius 3 is 2.79 bits per heavy atom. The van der Waals surface area contributed by atoms with Gasteiger partial charge in [0.1, 0.15) is 5.82 Å². The number of pyridine rings is 1. The van der Waals surface area contributed by atoms with Crippen LogP contribution in [0, 0.1) is 6.92 Å². The van der Waals surface area contributed by atoms with Crippen molar-refractivity contribution >= 4 is 27.9 Å². The fourth-order valence-corrected chi connectivity index (χ4v) is 2.97. The average Bonchev–Trinajstić information content (AvgIpc) is 2.95. The SMILES string of the molecule is Cc1nc2c(Cc3ccc4ccccc4n3)cc(C(=O)O)cc2[nH]1.